The molecular weight excluding hydrogens is 379 g/mol. The van der Waals surface area contributed by atoms with E-state index in [9.17, 15) is 17.6 Å². The second-order valence-electron chi connectivity index (χ2n) is 7.94. The Balaban J connectivity index is 1.59. The van der Waals surface area contributed by atoms with Crippen LogP contribution < -0.4 is 9.62 Å². The van der Waals surface area contributed by atoms with Gasteiger partial charge in [-0.15, -0.1) is 0 Å². The van der Waals surface area contributed by atoms with Gasteiger partial charge in [0.15, 0.2) is 0 Å². The van der Waals surface area contributed by atoms with Crippen LogP contribution in [0.5, 0.6) is 0 Å². The summed E-state index contributed by atoms with van der Waals surface area (Å²) in [6.07, 6.45) is 1.88. The number of hydrogen-bond donors (Lipinski definition) is 1. The van der Waals surface area contributed by atoms with Crippen molar-refractivity contribution in [3.05, 3.63) is 59.4 Å². The Bertz CT molecular complexity index is 1050. The molecule has 0 bridgehead atoms. The number of halogens is 1. The lowest BCUT2D eigenvalue weighted by Crippen LogP contribution is -2.38. The van der Waals surface area contributed by atoms with Gasteiger partial charge in [-0.1, -0.05) is 25.1 Å². The predicted molar refractivity (Wildman–Crippen MR) is 105 cm³/mol. The predicted octanol–water partition coefficient (Wildman–Crippen LogP) is 3.35. The van der Waals surface area contributed by atoms with Gasteiger partial charge < -0.3 is 4.90 Å². The lowest BCUT2D eigenvalue weighted by atomic mass is 10.0. The molecule has 1 unspecified atom stereocenters. The lowest BCUT2D eigenvalue weighted by molar-refractivity contribution is -0.116. The van der Waals surface area contributed by atoms with E-state index in [-0.39, 0.29) is 22.5 Å². The maximum atomic E-state index is 13.5. The van der Waals surface area contributed by atoms with E-state index in [1.807, 2.05) is 6.92 Å². The number of rotatable bonds is 5. The molecule has 4 rings (SSSR count). The highest BCUT2D eigenvalue weighted by Crippen LogP contribution is 2.41. The average molecular weight is 402 g/mol. The van der Waals surface area contributed by atoms with Gasteiger partial charge in [0.2, 0.25) is 15.9 Å². The summed E-state index contributed by atoms with van der Waals surface area (Å²) in [4.78, 5) is 13.7. The van der Waals surface area contributed by atoms with Gasteiger partial charge in [0.05, 0.1) is 4.90 Å². The highest BCUT2D eigenvalue weighted by atomic mass is 32.2. The van der Waals surface area contributed by atoms with Gasteiger partial charge in [0, 0.05) is 30.6 Å². The van der Waals surface area contributed by atoms with Crippen LogP contribution >= 0.6 is 0 Å². The molecule has 1 fully saturated rings. The number of carbonyl (C=O) groups excluding carboxylic acids is 1. The summed E-state index contributed by atoms with van der Waals surface area (Å²) in [6.45, 7) is 4.07. The van der Waals surface area contributed by atoms with Crippen LogP contribution in [0.25, 0.3) is 0 Å². The van der Waals surface area contributed by atoms with Crippen LogP contribution in [0, 0.1) is 5.82 Å². The Hall–Kier alpha value is -2.25. The Labute approximate surface area is 164 Å². The SMILES string of the molecule is CC(=O)N1CC(C)c2ccc(S(=O)(=O)NC3(Cc4cccc(F)c4)CC3)cc21. The normalized spacial score (nSPS) is 20.1. The molecule has 0 saturated heterocycles. The van der Waals surface area contributed by atoms with E-state index >= 15 is 0 Å². The van der Waals surface area contributed by atoms with Crippen molar-refractivity contribution in [2.24, 2.45) is 0 Å². The van der Waals surface area contributed by atoms with E-state index in [0.29, 0.717) is 31.5 Å². The van der Waals surface area contributed by atoms with Crippen molar-refractivity contribution < 1.29 is 17.6 Å². The van der Waals surface area contributed by atoms with Crippen LogP contribution in [0.3, 0.4) is 0 Å². The quantitative estimate of drug-likeness (QED) is 0.834. The summed E-state index contributed by atoms with van der Waals surface area (Å²) in [7, 11) is -3.76. The Kier molecular flexibility index (Phi) is 4.55. The van der Waals surface area contributed by atoms with Crippen molar-refractivity contribution in [2.45, 2.75) is 49.5 Å². The molecule has 2 aromatic carbocycles. The van der Waals surface area contributed by atoms with Crippen molar-refractivity contribution in [1.29, 1.82) is 0 Å². The smallest absolute Gasteiger partial charge is 0.241 e. The summed E-state index contributed by atoms with van der Waals surface area (Å²) in [5.41, 5.74) is 1.85. The maximum absolute atomic E-state index is 13.5. The van der Waals surface area contributed by atoms with E-state index in [0.717, 1.165) is 11.1 Å². The van der Waals surface area contributed by atoms with Gasteiger partial charge in [-0.25, -0.2) is 17.5 Å². The third-order valence-corrected chi connectivity index (χ3v) is 7.18. The van der Waals surface area contributed by atoms with Crippen molar-refractivity contribution >= 4 is 21.6 Å². The zero-order valence-electron chi connectivity index (χ0n) is 15.9. The van der Waals surface area contributed by atoms with Crippen LogP contribution in [-0.2, 0) is 21.2 Å². The molecule has 1 amide bonds. The number of anilines is 1. The molecule has 5 nitrogen and oxygen atoms in total. The minimum Gasteiger partial charge on any atom is -0.312 e. The van der Waals surface area contributed by atoms with Crippen molar-refractivity contribution in [3.63, 3.8) is 0 Å². The minimum absolute atomic E-state index is 0.0992. The fourth-order valence-corrected chi connectivity index (χ4v) is 5.44. The summed E-state index contributed by atoms with van der Waals surface area (Å²) < 4.78 is 42.3. The molecule has 7 heteroatoms. The molecule has 0 radical (unpaired) electrons. The Morgan fingerprint density at radius 1 is 1.25 bits per heavy atom. The first-order valence-corrected chi connectivity index (χ1v) is 10.9. The first kappa shape index (κ1) is 19.1. The maximum Gasteiger partial charge on any atom is 0.241 e. The zero-order chi connectivity index (χ0) is 20.1. The number of hydrogen-bond acceptors (Lipinski definition) is 3. The Morgan fingerprint density at radius 2 is 2.00 bits per heavy atom. The second-order valence-corrected chi connectivity index (χ2v) is 9.63. The standard InChI is InChI=1S/C21H23FN2O3S/c1-14-13-24(15(2)25)20-11-18(6-7-19(14)20)28(26,27)23-21(8-9-21)12-16-4-3-5-17(22)10-16/h3-7,10-11,14,23H,8-9,12-13H2,1-2H3. The molecule has 1 heterocycles. The highest BCUT2D eigenvalue weighted by molar-refractivity contribution is 7.89. The number of nitrogens with zero attached hydrogens (tertiary/aromatic N) is 1. The fraction of sp³-hybridized carbons (Fsp3) is 0.381. The summed E-state index contributed by atoms with van der Waals surface area (Å²) in [5.74, 6) is -0.252. The number of nitrogens with one attached hydrogen (secondary N) is 1. The number of benzene rings is 2. The molecule has 0 aromatic heterocycles. The minimum atomic E-state index is -3.76. The third kappa shape index (κ3) is 3.56. The summed E-state index contributed by atoms with van der Waals surface area (Å²) in [5, 5.41) is 0. The molecule has 2 aromatic rings. The van der Waals surface area contributed by atoms with Crippen molar-refractivity contribution in [1.82, 2.24) is 4.72 Å². The van der Waals surface area contributed by atoms with E-state index in [2.05, 4.69) is 4.72 Å². The van der Waals surface area contributed by atoms with E-state index < -0.39 is 15.6 Å². The highest BCUT2D eigenvalue weighted by Gasteiger charge is 2.46. The summed E-state index contributed by atoms with van der Waals surface area (Å²) >= 11 is 0. The molecular formula is C21H23FN2O3S. The van der Waals surface area contributed by atoms with Gasteiger partial charge in [-0.05, 0) is 54.7 Å². The molecule has 1 aliphatic heterocycles. The van der Waals surface area contributed by atoms with Crippen LogP contribution in [-0.4, -0.2) is 26.4 Å². The molecule has 1 N–H and O–H groups in total. The number of amides is 1. The molecule has 1 aliphatic carbocycles. The first-order chi connectivity index (χ1) is 13.2. The average Bonchev–Trinajstić information content (AvgIpc) is 3.27. The van der Waals surface area contributed by atoms with Crippen LogP contribution in [0.15, 0.2) is 47.4 Å². The topological polar surface area (TPSA) is 66.5 Å². The van der Waals surface area contributed by atoms with Crippen LogP contribution in [0.1, 0.15) is 43.7 Å². The van der Waals surface area contributed by atoms with Crippen LogP contribution in [0.4, 0.5) is 10.1 Å². The first-order valence-electron chi connectivity index (χ1n) is 9.40. The van der Waals surface area contributed by atoms with Gasteiger partial charge in [0.1, 0.15) is 5.82 Å². The Morgan fingerprint density at radius 3 is 2.64 bits per heavy atom. The molecule has 148 valence electrons. The summed E-state index contributed by atoms with van der Waals surface area (Å²) in [6, 6.07) is 11.2. The van der Waals surface area contributed by atoms with Gasteiger partial charge in [0.25, 0.3) is 0 Å². The van der Waals surface area contributed by atoms with Gasteiger partial charge in [-0.3, -0.25) is 4.79 Å². The fourth-order valence-electron chi connectivity index (χ4n) is 3.96. The van der Waals surface area contributed by atoms with Gasteiger partial charge >= 0.3 is 0 Å². The third-order valence-electron chi connectivity index (χ3n) is 5.61. The molecule has 0 spiro atoms. The second kappa shape index (κ2) is 6.67. The van der Waals surface area contributed by atoms with Crippen molar-refractivity contribution in [3.8, 4) is 0 Å². The van der Waals surface area contributed by atoms with Crippen molar-refractivity contribution in [2.75, 3.05) is 11.4 Å². The monoisotopic (exact) mass is 402 g/mol. The number of fused-ring (bicyclic) bond motifs is 1. The van der Waals surface area contributed by atoms with E-state index in [4.69, 9.17) is 0 Å². The molecule has 2 aliphatic rings. The lowest BCUT2D eigenvalue weighted by Gasteiger charge is -2.19. The molecule has 28 heavy (non-hydrogen) atoms. The van der Waals surface area contributed by atoms with Gasteiger partial charge in [-0.2, -0.15) is 0 Å². The largest absolute Gasteiger partial charge is 0.312 e. The number of sulfonamides is 1. The molecule has 1 saturated carbocycles. The van der Waals surface area contributed by atoms with E-state index in [1.165, 1.54) is 19.1 Å². The molecule has 1 atom stereocenters. The zero-order valence-corrected chi connectivity index (χ0v) is 16.7. The van der Waals surface area contributed by atoms with E-state index in [1.54, 1.807) is 35.2 Å². The van der Waals surface area contributed by atoms with Crippen LogP contribution in [0.2, 0.25) is 0 Å². The number of carbonyl (C=O) groups is 1.